The number of hydrogen-bond donors (Lipinski definition) is 1. The number of terminal acetylenes is 1. The molecule has 0 amide bonds. The van der Waals surface area contributed by atoms with Crippen molar-refractivity contribution in [3.63, 3.8) is 0 Å². The van der Waals surface area contributed by atoms with Gasteiger partial charge in [-0.15, -0.1) is 12.3 Å². The van der Waals surface area contributed by atoms with E-state index in [4.69, 9.17) is 29.1 Å². The van der Waals surface area contributed by atoms with Crippen LogP contribution in [0.3, 0.4) is 0 Å². The van der Waals surface area contributed by atoms with E-state index in [0.29, 0.717) is 24.7 Å². The third-order valence-corrected chi connectivity index (χ3v) is 2.10. The normalized spacial score (nSPS) is 23.2. The van der Waals surface area contributed by atoms with E-state index in [-0.39, 0.29) is 6.04 Å². The number of thiocarbonyl (C=S) groups is 1. The molecule has 2 N–H and O–H groups in total. The number of morpholine rings is 1. The Bertz CT molecular complexity index is 212. The van der Waals surface area contributed by atoms with E-state index in [9.17, 15) is 0 Å². The standard InChI is InChI=1S/C8H12N2OS/c1-2-3-7-6-11-5-4-10(7)8(9)12/h1,7H,3-6H2,(H2,9,12)/t7-/m0/s1. The second-order valence-electron chi connectivity index (χ2n) is 2.67. The van der Waals surface area contributed by atoms with Crippen molar-refractivity contribution in [3.05, 3.63) is 0 Å². The molecule has 1 aliphatic rings. The fourth-order valence-electron chi connectivity index (χ4n) is 1.25. The molecule has 0 aromatic carbocycles. The van der Waals surface area contributed by atoms with Crippen LogP contribution in [-0.4, -0.2) is 35.8 Å². The molecule has 0 aromatic rings. The quantitative estimate of drug-likeness (QED) is 0.458. The fourth-order valence-corrected chi connectivity index (χ4v) is 1.49. The number of hydrogen-bond acceptors (Lipinski definition) is 2. The highest BCUT2D eigenvalue weighted by atomic mass is 32.1. The van der Waals surface area contributed by atoms with E-state index < -0.39 is 0 Å². The lowest BCUT2D eigenvalue weighted by molar-refractivity contribution is 0.0290. The maximum absolute atomic E-state index is 5.52. The Morgan fingerprint density at radius 3 is 3.17 bits per heavy atom. The monoisotopic (exact) mass is 184 g/mol. The first-order chi connectivity index (χ1) is 5.75. The third kappa shape index (κ3) is 2.10. The van der Waals surface area contributed by atoms with E-state index in [0.717, 1.165) is 6.54 Å². The van der Waals surface area contributed by atoms with E-state index >= 15 is 0 Å². The fraction of sp³-hybridized carbons (Fsp3) is 0.625. The van der Waals surface area contributed by atoms with E-state index in [2.05, 4.69) is 5.92 Å². The molecule has 0 saturated carbocycles. The molecule has 0 bridgehead atoms. The molecule has 1 saturated heterocycles. The van der Waals surface area contributed by atoms with E-state index in [1.54, 1.807) is 0 Å². The van der Waals surface area contributed by atoms with Crippen LogP contribution in [0.25, 0.3) is 0 Å². The molecule has 4 heteroatoms. The number of nitrogens with zero attached hydrogens (tertiary/aromatic N) is 1. The zero-order chi connectivity index (χ0) is 8.97. The van der Waals surface area contributed by atoms with Gasteiger partial charge in [-0.1, -0.05) is 0 Å². The summed E-state index contributed by atoms with van der Waals surface area (Å²) in [6.45, 7) is 2.06. The maximum Gasteiger partial charge on any atom is 0.166 e. The maximum atomic E-state index is 5.52. The summed E-state index contributed by atoms with van der Waals surface area (Å²) >= 11 is 4.89. The number of nitrogens with two attached hydrogens (primary N) is 1. The average molecular weight is 184 g/mol. The first kappa shape index (κ1) is 9.30. The zero-order valence-corrected chi connectivity index (χ0v) is 7.64. The van der Waals surface area contributed by atoms with Crippen LogP contribution in [0.5, 0.6) is 0 Å². The summed E-state index contributed by atoms with van der Waals surface area (Å²) in [5.41, 5.74) is 5.52. The molecule has 0 unspecified atom stereocenters. The Morgan fingerprint density at radius 1 is 1.83 bits per heavy atom. The van der Waals surface area contributed by atoms with Crippen LogP contribution in [-0.2, 0) is 4.74 Å². The van der Waals surface area contributed by atoms with Gasteiger partial charge in [-0.05, 0) is 12.2 Å². The van der Waals surface area contributed by atoms with Gasteiger partial charge in [0.15, 0.2) is 5.11 Å². The van der Waals surface area contributed by atoms with Crippen molar-refractivity contribution in [1.29, 1.82) is 0 Å². The van der Waals surface area contributed by atoms with Crippen molar-refractivity contribution in [3.8, 4) is 12.3 Å². The first-order valence-corrected chi connectivity index (χ1v) is 4.24. The van der Waals surface area contributed by atoms with Gasteiger partial charge in [-0.2, -0.15) is 0 Å². The Hall–Kier alpha value is -0.790. The summed E-state index contributed by atoms with van der Waals surface area (Å²) in [6, 6.07) is 0.168. The molecule has 66 valence electrons. The summed E-state index contributed by atoms with van der Waals surface area (Å²) in [5.74, 6) is 2.59. The van der Waals surface area contributed by atoms with Crippen LogP contribution in [0, 0.1) is 12.3 Å². The van der Waals surface area contributed by atoms with Gasteiger partial charge in [0.05, 0.1) is 19.3 Å². The lowest BCUT2D eigenvalue weighted by atomic mass is 10.2. The molecule has 1 atom stereocenters. The van der Waals surface area contributed by atoms with Crippen LogP contribution in [0.15, 0.2) is 0 Å². The Kier molecular flexibility index (Phi) is 3.32. The van der Waals surface area contributed by atoms with E-state index in [1.165, 1.54) is 0 Å². The highest BCUT2D eigenvalue weighted by molar-refractivity contribution is 7.80. The van der Waals surface area contributed by atoms with Crippen molar-refractivity contribution in [2.45, 2.75) is 12.5 Å². The summed E-state index contributed by atoms with van der Waals surface area (Å²) < 4.78 is 5.26. The van der Waals surface area contributed by atoms with Gasteiger partial charge in [-0.3, -0.25) is 0 Å². The van der Waals surface area contributed by atoms with Crippen LogP contribution in [0.4, 0.5) is 0 Å². The smallest absolute Gasteiger partial charge is 0.166 e. The topological polar surface area (TPSA) is 38.5 Å². The van der Waals surface area contributed by atoms with Crippen molar-refractivity contribution < 1.29 is 4.74 Å². The van der Waals surface area contributed by atoms with Crippen molar-refractivity contribution in [1.82, 2.24) is 4.90 Å². The molecular formula is C8H12N2OS. The Morgan fingerprint density at radius 2 is 2.58 bits per heavy atom. The van der Waals surface area contributed by atoms with Gasteiger partial charge in [0.1, 0.15) is 0 Å². The van der Waals surface area contributed by atoms with Crippen LogP contribution < -0.4 is 5.73 Å². The Labute approximate surface area is 77.9 Å². The average Bonchev–Trinajstić information content (AvgIpc) is 2.05. The zero-order valence-electron chi connectivity index (χ0n) is 6.82. The van der Waals surface area contributed by atoms with Gasteiger partial charge >= 0.3 is 0 Å². The molecule has 12 heavy (non-hydrogen) atoms. The molecule has 0 spiro atoms. The molecule has 3 nitrogen and oxygen atoms in total. The van der Waals surface area contributed by atoms with Crippen molar-refractivity contribution >= 4 is 17.3 Å². The van der Waals surface area contributed by atoms with E-state index in [1.807, 2.05) is 4.90 Å². The largest absolute Gasteiger partial charge is 0.377 e. The minimum absolute atomic E-state index is 0.168. The summed E-state index contributed by atoms with van der Waals surface area (Å²) in [5, 5.41) is 0.415. The predicted molar refractivity (Wildman–Crippen MR) is 51.5 cm³/mol. The molecule has 0 aliphatic carbocycles. The van der Waals surface area contributed by atoms with Gasteiger partial charge in [0, 0.05) is 13.0 Å². The molecule has 1 rings (SSSR count). The molecular weight excluding hydrogens is 172 g/mol. The molecule has 1 heterocycles. The Balaban J connectivity index is 2.55. The lowest BCUT2D eigenvalue weighted by Gasteiger charge is -2.34. The molecule has 1 fully saturated rings. The number of ether oxygens (including phenoxy) is 1. The minimum Gasteiger partial charge on any atom is -0.377 e. The lowest BCUT2D eigenvalue weighted by Crippen LogP contribution is -2.50. The first-order valence-electron chi connectivity index (χ1n) is 3.83. The SMILES string of the molecule is C#CC[C@H]1COCCN1C(N)=S. The second kappa shape index (κ2) is 4.29. The van der Waals surface area contributed by atoms with Crippen LogP contribution >= 0.6 is 12.2 Å². The predicted octanol–water partition coefficient (Wildman–Crippen LogP) is -0.0459. The third-order valence-electron chi connectivity index (χ3n) is 1.86. The summed E-state index contributed by atoms with van der Waals surface area (Å²) in [7, 11) is 0. The summed E-state index contributed by atoms with van der Waals surface area (Å²) in [4.78, 5) is 1.93. The second-order valence-corrected chi connectivity index (χ2v) is 3.09. The van der Waals surface area contributed by atoms with Crippen LogP contribution in [0.1, 0.15) is 6.42 Å². The molecule has 0 radical (unpaired) electrons. The van der Waals surface area contributed by atoms with Gasteiger partial charge in [0.25, 0.3) is 0 Å². The minimum atomic E-state index is 0.168. The van der Waals surface area contributed by atoms with Crippen molar-refractivity contribution in [2.24, 2.45) is 5.73 Å². The van der Waals surface area contributed by atoms with Crippen molar-refractivity contribution in [2.75, 3.05) is 19.8 Å². The highest BCUT2D eigenvalue weighted by Gasteiger charge is 2.22. The number of rotatable bonds is 1. The molecule has 0 aromatic heterocycles. The van der Waals surface area contributed by atoms with Gasteiger partial charge in [-0.25, -0.2) is 0 Å². The van der Waals surface area contributed by atoms with Crippen LogP contribution in [0.2, 0.25) is 0 Å². The molecule has 1 aliphatic heterocycles. The summed E-state index contributed by atoms with van der Waals surface area (Å²) in [6.07, 6.45) is 5.84. The van der Waals surface area contributed by atoms with Gasteiger partial charge in [0.2, 0.25) is 0 Å². The highest BCUT2D eigenvalue weighted by Crippen LogP contribution is 2.09. The van der Waals surface area contributed by atoms with Gasteiger partial charge < -0.3 is 15.4 Å².